The van der Waals surface area contributed by atoms with Crippen LogP contribution >= 0.6 is 0 Å². The van der Waals surface area contributed by atoms with E-state index in [1.165, 1.54) is 22.3 Å². The third-order valence-electron chi connectivity index (χ3n) is 5.51. The van der Waals surface area contributed by atoms with Crippen LogP contribution in [0.2, 0.25) is 0 Å². The third kappa shape index (κ3) is 5.14. The summed E-state index contributed by atoms with van der Waals surface area (Å²) in [6, 6.07) is 25.6. The summed E-state index contributed by atoms with van der Waals surface area (Å²) in [7, 11) is 0. The molecule has 3 aromatic carbocycles. The lowest BCUT2D eigenvalue weighted by Gasteiger charge is -2.17. The van der Waals surface area contributed by atoms with Crippen LogP contribution in [0.5, 0.6) is 17.2 Å². The van der Waals surface area contributed by atoms with Crippen molar-refractivity contribution in [2.45, 2.75) is 33.2 Å². The van der Waals surface area contributed by atoms with E-state index in [4.69, 9.17) is 14.2 Å². The number of benzene rings is 3. The van der Waals surface area contributed by atoms with Crippen LogP contribution in [0.4, 0.5) is 0 Å². The maximum atomic E-state index is 5.91. The van der Waals surface area contributed by atoms with E-state index in [2.05, 4.69) is 92.8 Å². The number of hydrogen-bond donors (Lipinski definition) is 1. The zero-order chi connectivity index (χ0) is 22.3. The lowest BCUT2D eigenvalue weighted by Crippen LogP contribution is -2.27. The average molecular weight is 430 g/mol. The second-order valence-electron chi connectivity index (χ2n) is 8.12. The molecule has 166 valence electrons. The van der Waals surface area contributed by atoms with Crippen LogP contribution < -0.4 is 19.5 Å². The van der Waals surface area contributed by atoms with E-state index in [0.29, 0.717) is 12.6 Å². The predicted molar refractivity (Wildman–Crippen MR) is 130 cm³/mol. The Labute approximate surface area is 190 Å². The largest absolute Gasteiger partial charge is 0.492 e. The maximum absolute atomic E-state index is 5.91. The van der Waals surface area contributed by atoms with Crippen molar-refractivity contribution in [3.63, 3.8) is 0 Å². The van der Waals surface area contributed by atoms with Gasteiger partial charge in [0.1, 0.15) is 12.4 Å². The second-order valence-corrected chi connectivity index (χ2v) is 8.12. The molecule has 1 N–H and O–H groups in total. The van der Waals surface area contributed by atoms with E-state index in [-0.39, 0.29) is 6.79 Å². The molecule has 0 spiro atoms. The molecule has 0 saturated carbocycles. The fourth-order valence-electron chi connectivity index (χ4n) is 3.96. The second kappa shape index (κ2) is 10.4. The molecule has 0 amide bonds. The first-order valence-electron chi connectivity index (χ1n) is 11.3. The summed E-state index contributed by atoms with van der Waals surface area (Å²) in [5.41, 5.74) is 6.00. The van der Waals surface area contributed by atoms with Crippen molar-refractivity contribution in [3.8, 4) is 17.2 Å². The summed E-state index contributed by atoms with van der Waals surface area (Å²) >= 11 is 0. The Morgan fingerprint density at radius 1 is 0.875 bits per heavy atom. The average Bonchev–Trinajstić information content (AvgIpc) is 3.29. The molecular weight excluding hydrogens is 398 g/mol. The molecule has 4 nitrogen and oxygen atoms in total. The van der Waals surface area contributed by atoms with Crippen LogP contribution in [-0.2, 0) is 0 Å². The highest BCUT2D eigenvalue weighted by atomic mass is 16.7. The van der Waals surface area contributed by atoms with Gasteiger partial charge in [0.05, 0.1) is 0 Å². The minimum atomic E-state index is 0.281. The normalized spacial score (nSPS) is 13.2. The molecule has 0 radical (unpaired) electrons. The van der Waals surface area contributed by atoms with Crippen LogP contribution in [0, 0.1) is 0 Å². The van der Waals surface area contributed by atoms with Gasteiger partial charge in [0, 0.05) is 12.6 Å². The van der Waals surface area contributed by atoms with Crippen molar-refractivity contribution >= 4 is 11.1 Å². The number of hydrogen-bond acceptors (Lipinski definition) is 4. The Hall–Kier alpha value is -3.24. The Bertz CT molecular complexity index is 1060. The summed E-state index contributed by atoms with van der Waals surface area (Å²) in [6.45, 7) is 8.23. The molecule has 4 heteroatoms. The molecule has 0 atom stereocenters. The van der Waals surface area contributed by atoms with Crippen molar-refractivity contribution in [2.75, 3.05) is 19.9 Å². The standard InChI is InChI=1S/C28H31NO3/c1-4-25(23-12-15-26-27(18-23)32-19-31-26)28(21-8-6-5-7-9-21)22-10-13-24(14-11-22)30-17-16-29-20(2)3/h5-15,18,20,29H,4,16-17,19H2,1-3H3/b28-25-. The molecule has 0 saturated heterocycles. The van der Waals surface area contributed by atoms with Crippen molar-refractivity contribution in [1.82, 2.24) is 5.32 Å². The van der Waals surface area contributed by atoms with Crippen molar-refractivity contribution in [1.29, 1.82) is 0 Å². The van der Waals surface area contributed by atoms with Gasteiger partial charge in [-0.3, -0.25) is 0 Å². The van der Waals surface area contributed by atoms with Gasteiger partial charge in [-0.15, -0.1) is 0 Å². The molecular formula is C28H31NO3. The fraction of sp³-hybridized carbons (Fsp3) is 0.286. The van der Waals surface area contributed by atoms with Crippen LogP contribution in [-0.4, -0.2) is 26.0 Å². The van der Waals surface area contributed by atoms with Crippen molar-refractivity contribution < 1.29 is 14.2 Å². The lowest BCUT2D eigenvalue weighted by molar-refractivity contribution is 0.174. The van der Waals surface area contributed by atoms with Gasteiger partial charge in [-0.25, -0.2) is 0 Å². The highest BCUT2D eigenvalue weighted by Crippen LogP contribution is 2.39. The maximum Gasteiger partial charge on any atom is 0.231 e. The van der Waals surface area contributed by atoms with E-state index in [1.807, 2.05) is 6.07 Å². The zero-order valence-corrected chi connectivity index (χ0v) is 19.1. The minimum absolute atomic E-state index is 0.281. The monoisotopic (exact) mass is 429 g/mol. The molecule has 0 aliphatic carbocycles. The fourth-order valence-corrected chi connectivity index (χ4v) is 3.96. The summed E-state index contributed by atoms with van der Waals surface area (Å²) < 4.78 is 17.1. The summed E-state index contributed by atoms with van der Waals surface area (Å²) in [6.07, 6.45) is 0.892. The number of ether oxygens (including phenoxy) is 3. The van der Waals surface area contributed by atoms with Gasteiger partial charge >= 0.3 is 0 Å². The molecule has 32 heavy (non-hydrogen) atoms. The van der Waals surface area contributed by atoms with E-state index >= 15 is 0 Å². The van der Waals surface area contributed by atoms with Crippen LogP contribution in [0.1, 0.15) is 43.9 Å². The predicted octanol–water partition coefficient (Wildman–Crippen LogP) is 6.16. The van der Waals surface area contributed by atoms with Gasteiger partial charge < -0.3 is 19.5 Å². The quantitative estimate of drug-likeness (QED) is 0.327. The first kappa shape index (κ1) is 22.0. The van der Waals surface area contributed by atoms with Gasteiger partial charge in [-0.05, 0) is 58.5 Å². The highest BCUT2D eigenvalue weighted by Gasteiger charge is 2.18. The Morgan fingerprint density at radius 3 is 2.28 bits per heavy atom. The van der Waals surface area contributed by atoms with Crippen molar-refractivity contribution in [2.24, 2.45) is 0 Å². The highest BCUT2D eigenvalue weighted by molar-refractivity contribution is 5.98. The number of nitrogens with one attached hydrogen (secondary N) is 1. The van der Waals surface area contributed by atoms with Gasteiger partial charge in [0.2, 0.25) is 6.79 Å². The molecule has 0 fully saturated rings. The summed E-state index contributed by atoms with van der Waals surface area (Å²) in [5.74, 6) is 2.49. The third-order valence-corrected chi connectivity index (χ3v) is 5.51. The number of fused-ring (bicyclic) bond motifs is 1. The molecule has 3 aromatic rings. The van der Waals surface area contributed by atoms with E-state index in [9.17, 15) is 0 Å². The molecule has 0 unspecified atom stereocenters. The first-order chi connectivity index (χ1) is 15.7. The van der Waals surface area contributed by atoms with E-state index in [0.717, 1.165) is 35.8 Å². The number of rotatable bonds is 9. The van der Waals surface area contributed by atoms with Gasteiger partial charge in [0.15, 0.2) is 11.5 Å². The lowest BCUT2D eigenvalue weighted by atomic mass is 9.88. The Balaban J connectivity index is 1.68. The van der Waals surface area contributed by atoms with Gasteiger partial charge in [-0.1, -0.05) is 69.3 Å². The van der Waals surface area contributed by atoms with Crippen molar-refractivity contribution in [3.05, 3.63) is 89.5 Å². The summed E-state index contributed by atoms with van der Waals surface area (Å²) in [5, 5.41) is 3.37. The molecule has 1 aliphatic heterocycles. The van der Waals surface area contributed by atoms with Crippen LogP contribution in [0.15, 0.2) is 72.8 Å². The molecule has 0 bridgehead atoms. The molecule has 1 aliphatic rings. The minimum Gasteiger partial charge on any atom is -0.492 e. The summed E-state index contributed by atoms with van der Waals surface area (Å²) in [4.78, 5) is 0. The van der Waals surface area contributed by atoms with Crippen LogP contribution in [0.25, 0.3) is 11.1 Å². The van der Waals surface area contributed by atoms with Gasteiger partial charge in [-0.2, -0.15) is 0 Å². The van der Waals surface area contributed by atoms with Crippen LogP contribution in [0.3, 0.4) is 0 Å². The molecule has 1 heterocycles. The van der Waals surface area contributed by atoms with Gasteiger partial charge in [0.25, 0.3) is 0 Å². The Kier molecular flexibility index (Phi) is 7.13. The SMILES string of the molecule is CC/C(=C(\c1ccccc1)c1ccc(OCCNC(C)C)cc1)c1ccc2c(c1)OCO2. The number of allylic oxidation sites excluding steroid dienone is 1. The van der Waals surface area contributed by atoms with E-state index in [1.54, 1.807) is 0 Å². The Morgan fingerprint density at radius 2 is 1.56 bits per heavy atom. The zero-order valence-electron chi connectivity index (χ0n) is 19.1. The first-order valence-corrected chi connectivity index (χ1v) is 11.3. The topological polar surface area (TPSA) is 39.7 Å². The van der Waals surface area contributed by atoms with E-state index < -0.39 is 0 Å². The smallest absolute Gasteiger partial charge is 0.231 e. The molecule has 4 rings (SSSR count). The molecule has 0 aromatic heterocycles.